The molecule has 0 rings (SSSR count). The highest BCUT2D eigenvalue weighted by Crippen LogP contribution is 2.12. The molecule has 0 saturated carbocycles. The third kappa shape index (κ3) is 14.0. The number of hydrogen-bond acceptors (Lipinski definition) is 1. The van der Waals surface area contributed by atoms with Crippen molar-refractivity contribution in [3.05, 3.63) is 0 Å². The highest BCUT2D eigenvalue weighted by atomic mass is 15.1. The van der Waals surface area contributed by atoms with Crippen LogP contribution in [-0.4, -0.2) is 25.0 Å². The lowest BCUT2D eigenvalue weighted by atomic mass is 10.0. The molecule has 0 aliphatic carbocycles. The molecule has 0 aliphatic heterocycles. The summed E-state index contributed by atoms with van der Waals surface area (Å²) in [6.45, 7) is 11.8. The van der Waals surface area contributed by atoms with Gasteiger partial charge in [0, 0.05) is 6.54 Å². The molecule has 1 nitrogen and oxygen atoms in total. The van der Waals surface area contributed by atoms with Gasteiger partial charge in [0.25, 0.3) is 0 Å². The van der Waals surface area contributed by atoms with Crippen LogP contribution in [0.5, 0.6) is 0 Å². The molecule has 0 aliphatic rings. The van der Waals surface area contributed by atoms with E-state index in [1.807, 2.05) is 0 Å². The Labute approximate surface area is 116 Å². The van der Waals surface area contributed by atoms with Gasteiger partial charge >= 0.3 is 0 Å². The maximum Gasteiger partial charge on any atom is 0.000133 e. The van der Waals surface area contributed by atoms with Crippen LogP contribution in [0.25, 0.3) is 0 Å². The predicted octanol–water partition coefficient (Wildman–Crippen LogP) is 5.35. The summed E-state index contributed by atoms with van der Waals surface area (Å²) < 4.78 is 0. The van der Waals surface area contributed by atoms with Crippen LogP contribution in [0, 0.1) is 11.8 Å². The molecule has 0 saturated heterocycles. The van der Waals surface area contributed by atoms with E-state index in [1.165, 1.54) is 64.5 Å². The van der Waals surface area contributed by atoms with Gasteiger partial charge in [0.05, 0.1) is 0 Å². The minimum atomic E-state index is 0.802. The van der Waals surface area contributed by atoms with E-state index in [4.69, 9.17) is 0 Å². The first-order valence-electron chi connectivity index (χ1n) is 8.21. The third-order valence-corrected chi connectivity index (χ3v) is 3.50. The first kappa shape index (κ1) is 18.0. The van der Waals surface area contributed by atoms with Crippen molar-refractivity contribution < 1.29 is 0 Å². The Morgan fingerprint density at radius 1 is 0.667 bits per heavy atom. The highest BCUT2D eigenvalue weighted by Gasteiger charge is 2.01. The second kappa shape index (κ2) is 12.0. The van der Waals surface area contributed by atoms with Gasteiger partial charge in [0.2, 0.25) is 0 Å². The second-order valence-electron chi connectivity index (χ2n) is 6.81. The molecule has 0 aromatic rings. The van der Waals surface area contributed by atoms with Gasteiger partial charge in [-0.05, 0) is 31.8 Å². The van der Waals surface area contributed by atoms with Gasteiger partial charge in [-0.25, -0.2) is 0 Å². The van der Waals surface area contributed by atoms with Gasteiger partial charge in [-0.1, -0.05) is 72.6 Å². The third-order valence-electron chi connectivity index (χ3n) is 3.50. The van der Waals surface area contributed by atoms with Crippen molar-refractivity contribution in [2.45, 2.75) is 79.1 Å². The molecule has 0 N–H and O–H groups in total. The van der Waals surface area contributed by atoms with Gasteiger partial charge < -0.3 is 4.90 Å². The number of nitrogens with zero attached hydrogens (tertiary/aromatic N) is 1. The van der Waals surface area contributed by atoms with Gasteiger partial charge in [-0.3, -0.25) is 0 Å². The summed E-state index contributed by atoms with van der Waals surface area (Å²) in [4.78, 5) is 2.48. The van der Waals surface area contributed by atoms with Gasteiger partial charge in [-0.2, -0.15) is 0 Å². The molecule has 0 spiro atoms. The van der Waals surface area contributed by atoms with E-state index in [1.54, 1.807) is 0 Å². The van der Waals surface area contributed by atoms with E-state index in [0.29, 0.717) is 0 Å². The first-order valence-corrected chi connectivity index (χ1v) is 8.21. The van der Waals surface area contributed by atoms with Gasteiger partial charge in [0.15, 0.2) is 0 Å². The molecule has 0 bridgehead atoms. The SMILES string of the molecule is CC(C)CCCCCCCCCN(C)CC(C)C. The van der Waals surface area contributed by atoms with Crippen molar-refractivity contribution in [1.29, 1.82) is 0 Å². The molecule has 0 aromatic carbocycles. The van der Waals surface area contributed by atoms with Gasteiger partial charge in [-0.15, -0.1) is 0 Å². The fraction of sp³-hybridized carbons (Fsp3) is 1.00. The summed E-state index contributed by atoms with van der Waals surface area (Å²) in [5.41, 5.74) is 0. The predicted molar refractivity (Wildman–Crippen MR) is 84.1 cm³/mol. The molecule has 0 heterocycles. The van der Waals surface area contributed by atoms with E-state index in [0.717, 1.165) is 11.8 Å². The molecule has 110 valence electrons. The molecule has 0 atom stereocenters. The van der Waals surface area contributed by atoms with Crippen LogP contribution in [0.15, 0.2) is 0 Å². The lowest BCUT2D eigenvalue weighted by molar-refractivity contribution is 0.288. The maximum absolute atomic E-state index is 2.48. The van der Waals surface area contributed by atoms with E-state index < -0.39 is 0 Å². The van der Waals surface area contributed by atoms with Crippen LogP contribution in [0.3, 0.4) is 0 Å². The zero-order chi connectivity index (χ0) is 13.8. The van der Waals surface area contributed by atoms with E-state index in [2.05, 4.69) is 39.6 Å². The summed E-state index contributed by atoms with van der Waals surface area (Å²) in [6, 6.07) is 0. The molecular formula is C17H37N. The Kier molecular flexibility index (Phi) is 12.0. The summed E-state index contributed by atoms with van der Waals surface area (Å²) in [5, 5.41) is 0. The second-order valence-corrected chi connectivity index (χ2v) is 6.81. The van der Waals surface area contributed by atoms with Crippen molar-refractivity contribution in [2.24, 2.45) is 11.8 Å². The van der Waals surface area contributed by atoms with Crippen molar-refractivity contribution >= 4 is 0 Å². The van der Waals surface area contributed by atoms with E-state index in [9.17, 15) is 0 Å². The quantitative estimate of drug-likeness (QED) is 0.425. The number of rotatable bonds is 12. The fourth-order valence-corrected chi connectivity index (χ4v) is 2.53. The number of unbranched alkanes of at least 4 members (excludes halogenated alkanes) is 6. The molecular weight excluding hydrogens is 218 g/mol. The molecule has 0 aromatic heterocycles. The monoisotopic (exact) mass is 255 g/mol. The Balaban J connectivity index is 3.11. The minimum Gasteiger partial charge on any atom is -0.306 e. The summed E-state index contributed by atoms with van der Waals surface area (Å²) >= 11 is 0. The molecule has 0 radical (unpaired) electrons. The minimum absolute atomic E-state index is 0.802. The zero-order valence-corrected chi connectivity index (χ0v) is 13.7. The maximum atomic E-state index is 2.48. The van der Waals surface area contributed by atoms with E-state index >= 15 is 0 Å². The van der Waals surface area contributed by atoms with Gasteiger partial charge in [0.1, 0.15) is 0 Å². The fourth-order valence-electron chi connectivity index (χ4n) is 2.53. The van der Waals surface area contributed by atoms with Crippen LogP contribution in [0.1, 0.15) is 79.1 Å². The highest BCUT2D eigenvalue weighted by molar-refractivity contribution is 4.55. The van der Waals surface area contributed by atoms with Crippen molar-refractivity contribution in [1.82, 2.24) is 4.90 Å². The summed E-state index contributed by atoms with van der Waals surface area (Å²) in [5.74, 6) is 1.69. The van der Waals surface area contributed by atoms with Crippen molar-refractivity contribution in [3.8, 4) is 0 Å². The van der Waals surface area contributed by atoms with Crippen LogP contribution in [0.2, 0.25) is 0 Å². The first-order chi connectivity index (χ1) is 8.52. The Morgan fingerprint density at radius 2 is 1.17 bits per heavy atom. The Morgan fingerprint density at radius 3 is 1.67 bits per heavy atom. The van der Waals surface area contributed by atoms with E-state index in [-0.39, 0.29) is 0 Å². The lowest BCUT2D eigenvalue weighted by Gasteiger charge is -2.18. The average molecular weight is 255 g/mol. The average Bonchev–Trinajstić information content (AvgIpc) is 2.25. The van der Waals surface area contributed by atoms with Crippen molar-refractivity contribution in [2.75, 3.05) is 20.1 Å². The topological polar surface area (TPSA) is 3.24 Å². The summed E-state index contributed by atoms with van der Waals surface area (Å²) in [7, 11) is 2.26. The summed E-state index contributed by atoms with van der Waals surface area (Å²) in [6.07, 6.45) is 11.5. The number of hydrogen-bond donors (Lipinski definition) is 0. The Hall–Kier alpha value is -0.0400. The zero-order valence-electron chi connectivity index (χ0n) is 13.7. The normalized spacial score (nSPS) is 12.0. The lowest BCUT2D eigenvalue weighted by Crippen LogP contribution is -2.24. The molecule has 0 fully saturated rings. The van der Waals surface area contributed by atoms with Crippen LogP contribution in [0.4, 0.5) is 0 Å². The van der Waals surface area contributed by atoms with Crippen LogP contribution >= 0.6 is 0 Å². The molecule has 18 heavy (non-hydrogen) atoms. The molecule has 0 unspecified atom stereocenters. The molecule has 0 amide bonds. The smallest absolute Gasteiger partial charge is 0.000133 e. The largest absolute Gasteiger partial charge is 0.306 e. The molecule has 1 heteroatoms. The van der Waals surface area contributed by atoms with Crippen LogP contribution in [-0.2, 0) is 0 Å². The standard InChI is InChI=1S/C17H37N/c1-16(2)13-11-9-7-6-8-10-12-14-18(5)15-17(3)4/h16-17H,6-15H2,1-5H3. The Bertz CT molecular complexity index is 163. The van der Waals surface area contributed by atoms with Crippen molar-refractivity contribution in [3.63, 3.8) is 0 Å². The van der Waals surface area contributed by atoms with Crippen LogP contribution < -0.4 is 0 Å².